The molecule has 6 heteroatoms. The van der Waals surface area contributed by atoms with Gasteiger partial charge in [0.25, 0.3) is 0 Å². The van der Waals surface area contributed by atoms with E-state index in [2.05, 4.69) is 5.32 Å². The zero-order chi connectivity index (χ0) is 15.2. The van der Waals surface area contributed by atoms with Gasteiger partial charge in [-0.25, -0.2) is 9.18 Å². The predicted octanol–water partition coefficient (Wildman–Crippen LogP) is 2.20. The molecular formula is C15H21FN4O. The third-order valence-corrected chi connectivity index (χ3v) is 3.69. The van der Waals surface area contributed by atoms with E-state index >= 15 is 0 Å². The van der Waals surface area contributed by atoms with Gasteiger partial charge in [-0.2, -0.15) is 0 Å². The van der Waals surface area contributed by atoms with Crippen molar-refractivity contribution in [1.82, 2.24) is 10.2 Å². The molecule has 0 atom stereocenters. The molecule has 0 aromatic heterocycles. The van der Waals surface area contributed by atoms with E-state index in [0.29, 0.717) is 11.1 Å². The Morgan fingerprint density at radius 1 is 1.29 bits per heavy atom. The van der Waals surface area contributed by atoms with E-state index in [4.69, 9.17) is 11.1 Å². The van der Waals surface area contributed by atoms with Crippen LogP contribution in [-0.4, -0.2) is 29.9 Å². The summed E-state index contributed by atoms with van der Waals surface area (Å²) in [6.07, 6.45) is 4.36. The summed E-state index contributed by atoms with van der Waals surface area (Å²) in [5, 5.41) is 10.0. The fraction of sp³-hybridized carbons (Fsp3) is 0.467. The SMILES string of the molecule is N=C(N)c1ccc(CNC(=O)N2CCCCCC2)c(F)c1. The molecule has 5 nitrogen and oxygen atoms in total. The second-order valence-electron chi connectivity index (χ2n) is 5.28. The Bertz CT molecular complexity index is 524. The predicted molar refractivity (Wildman–Crippen MR) is 79.7 cm³/mol. The highest BCUT2D eigenvalue weighted by atomic mass is 19.1. The number of urea groups is 1. The van der Waals surface area contributed by atoms with Crippen LogP contribution in [-0.2, 0) is 6.54 Å². The number of nitrogens with two attached hydrogens (primary N) is 1. The molecule has 0 radical (unpaired) electrons. The number of benzene rings is 1. The van der Waals surface area contributed by atoms with Crippen molar-refractivity contribution < 1.29 is 9.18 Å². The van der Waals surface area contributed by atoms with Crippen molar-refractivity contribution in [2.24, 2.45) is 5.73 Å². The first-order valence-electron chi connectivity index (χ1n) is 7.23. The summed E-state index contributed by atoms with van der Waals surface area (Å²) in [7, 11) is 0. The lowest BCUT2D eigenvalue weighted by molar-refractivity contribution is 0.199. The number of nitrogens with one attached hydrogen (secondary N) is 2. The highest BCUT2D eigenvalue weighted by molar-refractivity contribution is 5.94. The number of carbonyl (C=O) groups excluding carboxylic acids is 1. The Labute approximate surface area is 123 Å². The van der Waals surface area contributed by atoms with Crippen LogP contribution in [0, 0.1) is 11.2 Å². The second kappa shape index (κ2) is 7.06. The summed E-state index contributed by atoms with van der Waals surface area (Å²) in [5.41, 5.74) is 6.04. The minimum absolute atomic E-state index is 0.138. The van der Waals surface area contributed by atoms with Gasteiger partial charge >= 0.3 is 6.03 Å². The molecule has 1 heterocycles. The van der Waals surface area contributed by atoms with Gasteiger partial charge in [-0.05, 0) is 18.9 Å². The molecule has 0 unspecified atom stereocenters. The van der Waals surface area contributed by atoms with Crippen molar-refractivity contribution in [3.63, 3.8) is 0 Å². The monoisotopic (exact) mass is 292 g/mol. The minimum Gasteiger partial charge on any atom is -0.384 e. The summed E-state index contributed by atoms with van der Waals surface area (Å²) in [6, 6.07) is 4.20. The molecule has 1 aromatic carbocycles. The smallest absolute Gasteiger partial charge is 0.317 e. The molecule has 1 aliphatic heterocycles. The van der Waals surface area contributed by atoms with E-state index in [1.807, 2.05) is 0 Å². The number of amidine groups is 1. The molecule has 1 aliphatic rings. The number of halogens is 1. The third kappa shape index (κ3) is 4.18. The number of hydrogen-bond acceptors (Lipinski definition) is 2. The van der Waals surface area contributed by atoms with Crippen LogP contribution in [0.4, 0.5) is 9.18 Å². The summed E-state index contributed by atoms with van der Waals surface area (Å²) in [4.78, 5) is 13.8. The molecule has 1 saturated heterocycles. The molecule has 2 amide bonds. The van der Waals surface area contributed by atoms with Crippen LogP contribution in [0.1, 0.15) is 36.8 Å². The normalized spacial score (nSPS) is 15.4. The van der Waals surface area contributed by atoms with Crippen LogP contribution in [0.5, 0.6) is 0 Å². The van der Waals surface area contributed by atoms with Crippen molar-refractivity contribution in [2.75, 3.05) is 13.1 Å². The number of nitrogen functional groups attached to an aromatic ring is 1. The number of rotatable bonds is 3. The molecule has 2 rings (SSSR count). The number of amides is 2. The van der Waals surface area contributed by atoms with Crippen molar-refractivity contribution in [3.8, 4) is 0 Å². The van der Waals surface area contributed by atoms with Crippen LogP contribution in [0.2, 0.25) is 0 Å². The highest BCUT2D eigenvalue weighted by Gasteiger charge is 2.15. The summed E-state index contributed by atoms with van der Waals surface area (Å²) in [6.45, 7) is 1.66. The second-order valence-corrected chi connectivity index (χ2v) is 5.28. The molecule has 1 fully saturated rings. The summed E-state index contributed by atoms with van der Waals surface area (Å²) >= 11 is 0. The lowest BCUT2D eigenvalue weighted by atomic mass is 10.1. The van der Waals surface area contributed by atoms with Crippen molar-refractivity contribution >= 4 is 11.9 Å². The number of carbonyl (C=O) groups is 1. The zero-order valence-corrected chi connectivity index (χ0v) is 12.0. The molecular weight excluding hydrogens is 271 g/mol. The van der Waals surface area contributed by atoms with Crippen LogP contribution >= 0.6 is 0 Å². The van der Waals surface area contributed by atoms with Crippen LogP contribution in [0.3, 0.4) is 0 Å². The highest BCUT2D eigenvalue weighted by Crippen LogP contribution is 2.12. The first-order chi connectivity index (χ1) is 10.1. The Kier molecular flexibility index (Phi) is 5.14. The van der Waals surface area contributed by atoms with E-state index in [0.717, 1.165) is 38.8 Å². The van der Waals surface area contributed by atoms with Crippen LogP contribution in [0.25, 0.3) is 0 Å². The van der Waals surface area contributed by atoms with Gasteiger partial charge in [0.05, 0.1) is 0 Å². The minimum atomic E-state index is -0.459. The average Bonchev–Trinajstić information content (AvgIpc) is 2.74. The fourth-order valence-electron chi connectivity index (χ4n) is 2.41. The first kappa shape index (κ1) is 15.3. The first-order valence-corrected chi connectivity index (χ1v) is 7.23. The van der Waals surface area contributed by atoms with Gasteiger partial charge in [0.15, 0.2) is 0 Å². The molecule has 1 aromatic rings. The molecule has 0 spiro atoms. The van der Waals surface area contributed by atoms with Crippen LogP contribution in [0.15, 0.2) is 18.2 Å². The van der Waals surface area contributed by atoms with Crippen molar-refractivity contribution in [3.05, 3.63) is 35.1 Å². The summed E-state index contributed by atoms with van der Waals surface area (Å²) < 4.78 is 13.9. The number of likely N-dealkylation sites (tertiary alicyclic amines) is 1. The van der Waals surface area contributed by atoms with E-state index in [-0.39, 0.29) is 18.4 Å². The molecule has 0 aliphatic carbocycles. The lowest BCUT2D eigenvalue weighted by Crippen LogP contribution is -2.40. The topological polar surface area (TPSA) is 82.2 Å². The third-order valence-electron chi connectivity index (χ3n) is 3.69. The molecule has 0 saturated carbocycles. The Balaban J connectivity index is 1.93. The standard InChI is InChI=1S/C15H21FN4O/c16-13-9-11(14(17)18)5-6-12(13)10-19-15(21)20-7-3-1-2-4-8-20/h5-6,9H,1-4,7-8,10H2,(H3,17,18)(H,19,21). The fourth-order valence-corrected chi connectivity index (χ4v) is 2.41. The zero-order valence-electron chi connectivity index (χ0n) is 12.0. The van der Waals surface area contributed by atoms with E-state index < -0.39 is 5.82 Å². The molecule has 4 N–H and O–H groups in total. The Hall–Kier alpha value is -2.11. The van der Waals surface area contributed by atoms with Gasteiger partial charge in [0, 0.05) is 30.8 Å². The lowest BCUT2D eigenvalue weighted by Gasteiger charge is -2.20. The van der Waals surface area contributed by atoms with E-state index in [9.17, 15) is 9.18 Å². The van der Waals surface area contributed by atoms with Crippen LogP contribution < -0.4 is 11.1 Å². The van der Waals surface area contributed by atoms with Crippen molar-refractivity contribution in [1.29, 1.82) is 5.41 Å². The van der Waals surface area contributed by atoms with E-state index in [1.165, 1.54) is 6.07 Å². The quantitative estimate of drug-likeness (QED) is 0.589. The molecule has 21 heavy (non-hydrogen) atoms. The van der Waals surface area contributed by atoms with Gasteiger partial charge < -0.3 is 16.0 Å². The maximum absolute atomic E-state index is 13.9. The maximum atomic E-state index is 13.9. The molecule has 114 valence electrons. The number of nitrogens with zero attached hydrogens (tertiary/aromatic N) is 1. The Morgan fingerprint density at radius 2 is 1.95 bits per heavy atom. The van der Waals surface area contributed by atoms with Gasteiger partial charge in [-0.1, -0.05) is 25.0 Å². The number of hydrogen-bond donors (Lipinski definition) is 3. The average molecular weight is 292 g/mol. The largest absolute Gasteiger partial charge is 0.384 e. The van der Waals surface area contributed by atoms with Crippen molar-refractivity contribution in [2.45, 2.75) is 32.2 Å². The maximum Gasteiger partial charge on any atom is 0.317 e. The van der Waals surface area contributed by atoms with E-state index in [1.54, 1.807) is 17.0 Å². The Morgan fingerprint density at radius 3 is 2.52 bits per heavy atom. The van der Waals surface area contributed by atoms with Gasteiger partial charge in [0.2, 0.25) is 0 Å². The van der Waals surface area contributed by atoms with Gasteiger partial charge in [-0.3, -0.25) is 5.41 Å². The molecule has 0 bridgehead atoms. The summed E-state index contributed by atoms with van der Waals surface area (Å²) in [5.74, 6) is -0.632. The van der Waals surface area contributed by atoms with Gasteiger partial charge in [0.1, 0.15) is 11.7 Å². The van der Waals surface area contributed by atoms with Gasteiger partial charge in [-0.15, -0.1) is 0 Å².